The van der Waals surface area contributed by atoms with Gasteiger partial charge in [-0.15, -0.1) is 0 Å². The molecule has 4 aromatic rings. The number of hydrogen-bond donors (Lipinski definition) is 3. The average molecular weight is 445 g/mol. The molecule has 1 unspecified atom stereocenters. The van der Waals surface area contributed by atoms with Crippen molar-refractivity contribution in [2.75, 3.05) is 0 Å². The van der Waals surface area contributed by atoms with Crippen LogP contribution in [-0.2, 0) is 22.4 Å². The van der Waals surface area contributed by atoms with E-state index >= 15 is 0 Å². The van der Waals surface area contributed by atoms with Crippen LogP contribution in [0.5, 0.6) is 0 Å². The number of aliphatic carboxylic acids is 1. The maximum Gasteiger partial charge on any atom is 0.326 e. The quantitative estimate of drug-likeness (QED) is 0.321. The fraction of sp³-hybridized carbons (Fsp3) is 0.200. The van der Waals surface area contributed by atoms with Crippen molar-refractivity contribution in [1.82, 2.24) is 15.3 Å². The lowest BCUT2D eigenvalue weighted by Gasteiger charge is -2.20. The van der Waals surface area contributed by atoms with Crippen molar-refractivity contribution in [2.24, 2.45) is 5.92 Å². The van der Waals surface area contributed by atoms with Crippen molar-refractivity contribution in [3.05, 3.63) is 90.2 Å². The van der Waals surface area contributed by atoms with Gasteiger partial charge in [0.15, 0.2) is 11.5 Å². The number of para-hydroxylation sites is 1. The highest BCUT2D eigenvalue weighted by atomic mass is 16.4. The number of ketones is 1. The Hall–Kier alpha value is -4.20. The molecule has 0 saturated carbocycles. The SMILES string of the molecule is O=C(CC(Cc1ccccc1)C(=O)N[C@@H](Cc1cnc[nH]1)C(=O)O)c1cc2ccccc2o1. The number of aromatic nitrogens is 2. The summed E-state index contributed by atoms with van der Waals surface area (Å²) in [7, 11) is 0. The van der Waals surface area contributed by atoms with E-state index in [1.807, 2.05) is 48.5 Å². The van der Waals surface area contributed by atoms with Crippen LogP contribution in [0.25, 0.3) is 11.0 Å². The van der Waals surface area contributed by atoms with E-state index in [9.17, 15) is 19.5 Å². The molecule has 0 saturated heterocycles. The maximum absolute atomic E-state index is 13.1. The molecule has 2 heterocycles. The van der Waals surface area contributed by atoms with Gasteiger partial charge < -0.3 is 19.8 Å². The van der Waals surface area contributed by atoms with Gasteiger partial charge in [0.1, 0.15) is 11.6 Å². The van der Waals surface area contributed by atoms with Crippen LogP contribution in [0.2, 0.25) is 0 Å². The number of carboxylic acid groups (broad SMARTS) is 1. The summed E-state index contributed by atoms with van der Waals surface area (Å²) in [6.07, 6.45) is 3.18. The third-order valence-corrected chi connectivity index (χ3v) is 5.42. The number of amides is 1. The fourth-order valence-electron chi connectivity index (χ4n) is 3.71. The molecule has 1 amide bonds. The molecule has 0 radical (unpaired) electrons. The van der Waals surface area contributed by atoms with E-state index in [4.69, 9.17) is 4.42 Å². The second-order valence-corrected chi connectivity index (χ2v) is 7.84. The van der Waals surface area contributed by atoms with Gasteiger partial charge in [-0.2, -0.15) is 0 Å². The molecule has 0 bridgehead atoms. The van der Waals surface area contributed by atoms with E-state index in [1.54, 1.807) is 12.1 Å². The van der Waals surface area contributed by atoms with Crippen molar-refractivity contribution in [3.63, 3.8) is 0 Å². The number of Topliss-reactive ketones (excluding diaryl/α,β-unsaturated/α-hetero) is 1. The normalized spacial score (nSPS) is 12.8. The summed E-state index contributed by atoms with van der Waals surface area (Å²) < 4.78 is 5.66. The number of furan rings is 1. The Kier molecular flexibility index (Phi) is 6.64. The van der Waals surface area contributed by atoms with Gasteiger partial charge in [-0.05, 0) is 24.1 Å². The van der Waals surface area contributed by atoms with Crippen LogP contribution in [0.3, 0.4) is 0 Å². The molecule has 8 heteroatoms. The van der Waals surface area contributed by atoms with E-state index in [2.05, 4.69) is 15.3 Å². The van der Waals surface area contributed by atoms with E-state index < -0.39 is 23.8 Å². The molecule has 0 aliphatic carbocycles. The minimum Gasteiger partial charge on any atom is -0.480 e. The first-order valence-electron chi connectivity index (χ1n) is 10.6. The van der Waals surface area contributed by atoms with Crippen LogP contribution in [0.15, 0.2) is 77.6 Å². The molecule has 0 aliphatic heterocycles. The van der Waals surface area contributed by atoms with Crippen LogP contribution in [0, 0.1) is 5.92 Å². The maximum atomic E-state index is 13.1. The molecule has 4 rings (SSSR count). The summed E-state index contributed by atoms with van der Waals surface area (Å²) >= 11 is 0. The fourth-order valence-corrected chi connectivity index (χ4v) is 3.71. The molecular formula is C25H23N3O5. The Morgan fingerprint density at radius 1 is 1.03 bits per heavy atom. The smallest absolute Gasteiger partial charge is 0.326 e. The number of hydrogen-bond acceptors (Lipinski definition) is 5. The summed E-state index contributed by atoms with van der Waals surface area (Å²) in [5.74, 6) is -2.58. The minimum atomic E-state index is -1.17. The van der Waals surface area contributed by atoms with Crippen molar-refractivity contribution in [3.8, 4) is 0 Å². The van der Waals surface area contributed by atoms with E-state index in [1.165, 1.54) is 12.5 Å². The van der Waals surface area contributed by atoms with Gasteiger partial charge in [0.05, 0.1) is 6.33 Å². The van der Waals surface area contributed by atoms with Crippen LogP contribution in [-0.4, -0.2) is 38.8 Å². The van der Waals surface area contributed by atoms with Crippen molar-refractivity contribution in [1.29, 1.82) is 0 Å². The van der Waals surface area contributed by atoms with Gasteiger partial charge in [-0.25, -0.2) is 9.78 Å². The second kappa shape index (κ2) is 9.95. The summed E-state index contributed by atoms with van der Waals surface area (Å²) in [4.78, 5) is 44.6. The van der Waals surface area contributed by atoms with Gasteiger partial charge in [0, 0.05) is 36.0 Å². The summed E-state index contributed by atoms with van der Waals surface area (Å²) in [6.45, 7) is 0. The Bertz CT molecular complexity index is 1210. The highest BCUT2D eigenvalue weighted by Crippen LogP contribution is 2.23. The lowest BCUT2D eigenvalue weighted by Crippen LogP contribution is -2.45. The van der Waals surface area contributed by atoms with E-state index in [0.29, 0.717) is 11.3 Å². The number of imidazole rings is 1. The number of H-pyrrole nitrogens is 1. The number of carboxylic acids is 1. The molecule has 0 fully saturated rings. The average Bonchev–Trinajstić information content (AvgIpc) is 3.48. The highest BCUT2D eigenvalue weighted by molar-refractivity contribution is 6.00. The third kappa shape index (κ3) is 5.54. The number of carbonyl (C=O) groups excluding carboxylic acids is 2. The largest absolute Gasteiger partial charge is 0.480 e. The van der Waals surface area contributed by atoms with Crippen LogP contribution in [0.1, 0.15) is 28.2 Å². The van der Waals surface area contributed by atoms with Crippen molar-refractivity contribution < 1.29 is 23.9 Å². The van der Waals surface area contributed by atoms with Gasteiger partial charge in [0.2, 0.25) is 5.91 Å². The predicted octanol–water partition coefficient (Wildman–Crippen LogP) is 3.40. The number of fused-ring (bicyclic) bond motifs is 1. The minimum absolute atomic E-state index is 0.0522. The molecule has 2 aromatic carbocycles. The number of nitrogens with one attached hydrogen (secondary N) is 2. The van der Waals surface area contributed by atoms with Crippen LogP contribution < -0.4 is 5.32 Å². The molecule has 0 aliphatic rings. The molecule has 3 N–H and O–H groups in total. The molecule has 0 spiro atoms. The first kappa shape index (κ1) is 22.0. The third-order valence-electron chi connectivity index (χ3n) is 5.42. The first-order valence-corrected chi connectivity index (χ1v) is 10.6. The van der Waals surface area contributed by atoms with Crippen LogP contribution in [0.4, 0.5) is 0 Å². The molecule has 168 valence electrons. The van der Waals surface area contributed by atoms with Crippen LogP contribution >= 0.6 is 0 Å². The summed E-state index contributed by atoms with van der Waals surface area (Å²) in [6, 6.07) is 17.1. The zero-order valence-electron chi connectivity index (χ0n) is 17.7. The van der Waals surface area contributed by atoms with Gasteiger partial charge in [-0.3, -0.25) is 9.59 Å². The Labute approximate surface area is 189 Å². The second-order valence-electron chi connectivity index (χ2n) is 7.84. The van der Waals surface area contributed by atoms with Crippen molar-refractivity contribution >= 4 is 28.6 Å². The molecule has 8 nitrogen and oxygen atoms in total. The Morgan fingerprint density at radius 3 is 2.48 bits per heavy atom. The highest BCUT2D eigenvalue weighted by Gasteiger charge is 2.29. The standard InChI is InChI=1S/C25H23N3O5/c29-21(23-12-17-8-4-5-9-22(17)33-23)11-18(10-16-6-2-1-3-7-16)24(30)28-20(25(31)32)13-19-14-26-15-27-19/h1-9,12,14-15,18,20H,10-11,13H2,(H,26,27)(H,28,30)(H,31,32)/t18?,20-/m0/s1. The zero-order valence-corrected chi connectivity index (χ0v) is 17.7. The number of carbonyl (C=O) groups is 3. The monoisotopic (exact) mass is 445 g/mol. The Morgan fingerprint density at radius 2 is 1.79 bits per heavy atom. The Balaban J connectivity index is 1.53. The molecule has 2 aromatic heterocycles. The van der Waals surface area contributed by atoms with Gasteiger partial charge >= 0.3 is 5.97 Å². The lowest BCUT2D eigenvalue weighted by atomic mass is 9.92. The molecule has 2 atom stereocenters. The number of rotatable bonds is 10. The van der Waals surface area contributed by atoms with Crippen molar-refractivity contribution in [2.45, 2.75) is 25.3 Å². The molecular weight excluding hydrogens is 422 g/mol. The van der Waals surface area contributed by atoms with E-state index in [0.717, 1.165) is 10.9 Å². The number of aromatic amines is 1. The van der Waals surface area contributed by atoms with E-state index in [-0.39, 0.29) is 30.8 Å². The summed E-state index contributed by atoms with van der Waals surface area (Å²) in [5.41, 5.74) is 2.05. The topological polar surface area (TPSA) is 125 Å². The zero-order chi connectivity index (χ0) is 23.2. The number of benzene rings is 2. The lowest BCUT2D eigenvalue weighted by molar-refractivity contribution is -0.142. The molecule has 33 heavy (non-hydrogen) atoms. The summed E-state index contributed by atoms with van der Waals surface area (Å²) in [5, 5.41) is 13.0. The predicted molar refractivity (Wildman–Crippen MR) is 121 cm³/mol. The number of nitrogens with zero attached hydrogens (tertiary/aromatic N) is 1. The first-order chi connectivity index (χ1) is 16.0. The van der Waals surface area contributed by atoms with Gasteiger partial charge in [0.25, 0.3) is 0 Å². The van der Waals surface area contributed by atoms with Gasteiger partial charge in [-0.1, -0.05) is 48.5 Å².